The van der Waals surface area contributed by atoms with Gasteiger partial charge < -0.3 is 4.90 Å². The van der Waals surface area contributed by atoms with Crippen LogP contribution in [-0.2, 0) is 6.54 Å². The van der Waals surface area contributed by atoms with Crippen LogP contribution < -0.4 is 4.90 Å². The van der Waals surface area contributed by atoms with Gasteiger partial charge in [-0.05, 0) is 51.1 Å². The second-order valence-electron chi connectivity index (χ2n) is 7.63. The average molecular weight is 369 g/mol. The van der Waals surface area contributed by atoms with Crippen LogP contribution in [0.3, 0.4) is 0 Å². The predicted molar refractivity (Wildman–Crippen MR) is 102 cm³/mol. The molecule has 1 spiro atoms. The molecule has 0 N–H and O–H groups in total. The number of anilines is 1. The van der Waals surface area contributed by atoms with Gasteiger partial charge in [-0.1, -0.05) is 0 Å². The van der Waals surface area contributed by atoms with Gasteiger partial charge in [-0.25, -0.2) is 4.98 Å². The Morgan fingerprint density at radius 1 is 1.35 bits per heavy atom. The van der Waals surface area contributed by atoms with Gasteiger partial charge in [-0.2, -0.15) is 10.4 Å². The number of hydrogen-bond acceptors (Lipinski definition) is 7. The maximum atomic E-state index is 9.55. The Bertz CT molecular complexity index is 832. The minimum Gasteiger partial charge on any atom is -0.354 e. The van der Waals surface area contributed by atoms with Crippen molar-refractivity contribution in [1.82, 2.24) is 20.1 Å². The Labute approximate surface area is 158 Å². The number of piperidine rings is 1. The van der Waals surface area contributed by atoms with Crippen LogP contribution >= 0.6 is 11.3 Å². The third-order valence-corrected chi connectivity index (χ3v) is 6.92. The van der Waals surface area contributed by atoms with Crippen molar-refractivity contribution >= 4 is 17.2 Å². The first-order valence-electron chi connectivity index (χ1n) is 9.11. The summed E-state index contributed by atoms with van der Waals surface area (Å²) in [6.45, 7) is 6.71. The van der Waals surface area contributed by atoms with Gasteiger partial charge in [-0.15, -0.1) is 16.4 Å². The first kappa shape index (κ1) is 17.4. The summed E-state index contributed by atoms with van der Waals surface area (Å²) >= 11 is 1.73. The molecule has 4 rings (SSSR count). The van der Waals surface area contributed by atoms with Crippen LogP contribution in [0.1, 0.15) is 41.1 Å². The summed E-state index contributed by atoms with van der Waals surface area (Å²) in [5, 5.41) is 21.4. The summed E-state index contributed by atoms with van der Waals surface area (Å²) in [7, 11) is 2.22. The Balaban J connectivity index is 1.41. The third-order valence-electron chi connectivity index (χ3n) is 6.15. The van der Waals surface area contributed by atoms with Gasteiger partial charge in [0, 0.05) is 30.7 Å². The summed E-state index contributed by atoms with van der Waals surface area (Å²) in [4.78, 5) is 9.12. The molecule has 1 saturated carbocycles. The van der Waals surface area contributed by atoms with Crippen molar-refractivity contribution in [2.24, 2.45) is 5.41 Å². The van der Waals surface area contributed by atoms with Gasteiger partial charge in [0.2, 0.25) is 0 Å². The zero-order valence-corrected chi connectivity index (χ0v) is 16.4. The first-order chi connectivity index (χ1) is 12.5. The van der Waals surface area contributed by atoms with Gasteiger partial charge in [-0.3, -0.25) is 4.90 Å². The molecule has 2 aromatic heterocycles. The maximum Gasteiger partial charge on any atom is 0.169 e. The van der Waals surface area contributed by atoms with Crippen molar-refractivity contribution in [2.75, 3.05) is 25.0 Å². The van der Waals surface area contributed by atoms with E-state index in [1.165, 1.54) is 11.4 Å². The van der Waals surface area contributed by atoms with Gasteiger partial charge in [0.1, 0.15) is 16.6 Å². The fraction of sp³-hybridized carbons (Fsp3) is 0.579. The molecule has 0 radical (unpaired) electrons. The molecule has 1 aliphatic heterocycles. The van der Waals surface area contributed by atoms with Gasteiger partial charge >= 0.3 is 0 Å². The summed E-state index contributed by atoms with van der Waals surface area (Å²) in [6, 6.07) is 2.98. The topological polar surface area (TPSA) is 68.9 Å². The molecule has 6 nitrogen and oxygen atoms in total. The Morgan fingerprint density at radius 3 is 2.77 bits per heavy atom. The molecule has 1 unspecified atom stereocenters. The number of thiazole rings is 1. The summed E-state index contributed by atoms with van der Waals surface area (Å²) in [5.74, 6) is 0.763. The lowest BCUT2D eigenvalue weighted by molar-refractivity contribution is 0.238. The molecule has 2 fully saturated rings. The number of nitriles is 1. The van der Waals surface area contributed by atoms with Crippen molar-refractivity contribution in [2.45, 2.75) is 45.7 Å². The van der Waals surface area contributed by atoms with E-state index in [1.807, 2.05) is 25.4 Å². The summed E-state index contributed by atoms with van der Waals surface area (Å²) in [6.07, 6.45) is 5.46. The van der Waals surface area contributed by atoms with Gasteiger partial charge in [0.05, 0.1) is 12.2 Å². The van der Waals surface area contributed by atoms with Crippen LogP contribution in [-0.4, -0.2) is 46.3 Å². The quantitative estimate of drug-likeness (QED) is 0.826. The third kappa shape index (κ3) is 2.97. The van der Waals surface area contributed by atoms with E-state index in [0.717, 1.165) is 49.6 Å². The molecule has 2 aliphatic rings. The lowest BCUT2D eigenvalue weighted by Gasteiger charge is -2.35. The highest BCUT2D eigenvalue weighted by Gasteiger charge is 2.56. The Kier molecular flexibility index (Phi) is 4.41. The molecule has 26 heavy (non-hydrogen) atoms. The highest BCUT2D eigenvalue weighted by atomic mass is 32.1. The van der Waals surface area contributed by atoms with E-state index >= 15 is 0 Å². The predicted octanol–water partition coefficient (Wildman–Crippen LogP) is 2.91. The van der Waals surface area contributed by atoms with E-state index in [9.17, 15) is 5.26 Å². The molecule has 7 heteroatoms. The number of aryl methyl sites for hydroxylation is 1. The normalized spacial score (nSPS) is 21.2. The summed E-state index contributed by atoms with van der Waals surface area (Å²) < 4.78 is 0. The van der Waals surface area contributed by atoms with Crippen molar-refractivity contribution in [3.8, 4) is 6.07 Å². The van der Waals surface area contributed by atoms with Crippen LogP contribution in [0.4, 0.5) is 5.82 Å². The summed E-state index contributed by atoms with van der Waals surface area (Å²) in [5.41, 5.74) is 2.90. The smallest absolute Gasteiger partial charge is 0.169 e. The molecule has 0 bridgehead atoms. The minimum atomic E-state index is 0.433. The van der Waals surface area contributed by atoms with E-state index < -0.39 is 0 Å². The van der Waals surface area contributed by atoms with Crippen LogP contribution in [0.25, 0.3) is 0 Å². The lowest BCUT2D eigenvalue weighted by atomic mass is 9.92. The fourth-order valence-corrected chi connectivity index (χ4v) is 4.94. The minimum absolute atomic E-state index is 0.433. The van der Waals surface area contributed by atoms with E-state index in [1.54, 1.807) is 11.3 Å². The molecule has 1 aliphatic carbocycles. The van der Waals surface area contributed by atoms with Crippen LogP contribution in [0, 0.1) is 30.6 Å². The standard InChI is InChI=1S/C19H24N6S/c1-13-14(2)22-23-18(15(13)11-20)25-7-4-19(5-8-25)10-16(19)24(3)12-17-21-6-9-26-17/h6,9,16H,4-5,7-8,10,12H2,1-3H3. The molecule has 136 valence electrons. The lowest BCUT2D eigenvalue weighted by Crippen LogP contribution is -2.39. The fourth-order valence-electron chi connectivity index (χ4n) is 4.26. The number of aromatic nitrogens is 3. The van der Waals surface area contributed by atoms with E-state index in [0.29, 0.717) is 17.0 Å². The largest absolute Gasteiger partial charge is 0.354 e. The SMILES string of the molecule is Cc1nnc(N2CCC3(CC2)CC3N(C)Cc2nccs2)c(C#N)c1C. The number of hydrogen-bond donors (Lipinski definition) is 0. The Morgan fingerprint density at radius 2 is 2.12 bits per heavy atom. The van der Waals surface area contributed by atoms with Crippen molar-refractivity contribution in [1.29, 1.82) is 5.26 Å². The first-order valence-corrected chi connectivity index (χ1v) is 9.99. The van der Waals surface area contributed by atoms with Gasteiger partial charge in [0.15, 0.2) is 5.82 Å². The zero-order chi connectivity index (χ0) is 18.3. The number of rotatable bonds is 4. The molecule has 0 amide bonds. The molecule has 2 aromatic rings. The molecular formula is C19H24N6S. The van der Waals surface area contributed by atoms with E-state index in [4.69, 9.17) is 0 Å². The molecule has 1 atom stereocenters. The van der Waals surface area contributed by atoms with Crippen LogP contribution in [0.2, 0.25) is 0 Å². The molecule has 3 heterocycles. The average Bonchev–Trinajstić information content (AvgIpc) is 3.09. The highest BCUT2D eigenvalue weighted by Crippen LogP contribution is 2.56. The van der Waals surface area contributed by atoms with E-state index in [-0.39, 0.29) is 0 Å². The molecule has 1 saturated heterocycles. The number of nitrogens with zero attached hydrogens (tertiary/aromatic N) is 6. The van der Waals surface area contributed by atoms with Crippen LogP contribution in [0.15, 0.2) is 11.6 Å². The second-order valence-corrected chi connectivity index (χ2v) is 8.61. The Hall–Kier alpha value is -2.04. The molecule has 0 aromatic carbocycles. The maximum absolute atomic E-state index is 9.55. The highest BCUT2D eigenvalue weighted by molar-refractivity contribution is 7.09. The monoisotopic (exact) mass is 368 g/mol. The second kappa shape index (κ2) is 6.60. The van der Waals surface area contributed by atoms with Crippen molar-refractivity contribution in [3.05, 3.63) is 33.4 Å². The van der Waals surface area contributed by atoms with Crippen LogP contribution in [0.5, 0.6) is 0 Å². The van der Waals surface area contributed by atoms with Gasteiger partial charge in [0.25, 0.3) is 0 Å². The zero-order valence-electron chi connectivity index (χ0n) is 15.6. The van der Waals surface area contributed by atoms with E-state index in [2.05, 4.69) is 38.1 Å². The van der Waals surface area contributed by atoms with Crippen molar-refractivity contribution in [3.63, 3.8) is 0 Å². The molecular weight excluding hydrogens is 344 g/mol. The van der Waals surface area contributed by atoms with Crippen molar-refractivity contribution < 1.29 is 0 Å².